The molecule has 0 amide bonds. The topological polar surface area (TPSA) is 57.3 Å². The first kappa shape index (κ1) is 12.2. The predicted molar refractivity (Wildman–Crippen MR) is 66.6 cm³/mol. The number of hydrogen-bond acceptors (Lipinski definition) is 4. The van der Waals surface area contributed by atoms with Crippen LogP contribution in [0, 0.1) is 0 Å². The van der Waals surface area contributed by atoms with Gasteiger partial charge in [0, 0.05) is 24.3 Å². The number of rotatable bonds is 4. The Hall–Kier alpha value is -2.30. The molecule has 0 fully saturated rings. The molecule has 0 aliphatic carbocycles. The fraction of sp³-hybridized carbons (Fsp3) is 0.231. The Balaban J connectivity index is 2.27. The summed E-state index contributed by atoms with van der Waals surface area (Å²) in [5, 5.41) is 4.17. The molecule has 2 aromatic rings. The highest BCUT2D eigenvalue weighted by Crippen LogP contribution is 2.24. The molecule has 0 bridgehead atoms. The standard InChI is InChI=1S/C13H14N2O3/c1-3-18-12(16)5-4-10-8-14-15(2)13(10)11-6-7-17-9-11/h4-9H,3H2,1-2H3. The van der Waals surface area contributed by atoms with Gasteiger partial charge < -0.3 is 9.15 Å². The van der Waals surface area contributed by atoms with E-state index in [0.29, 0.717) is 6.61 Å². The lowest BCUT2D eigenvalue weighted by Gasteiger charge is -2.00. The Labute approximate surface area is 105 Å². The number of furan rings is 1. The molecule has 0 aliphatic rings. The summed E-state index contributed by atoms with van der Waals surface area (Å²) in [7, 11) is 1.84. The molecule has 2 rings (SSSR count). The average molecular weight is 246 g/mol. The van der Waals surface area contributed by atoms with Crippen LogP contribution in [0.4, 0.5) is 0 Å². The van der Waals surface area contributed by atoms with E-state index in [1.165, 1.54) is 6.08 Å². The van der Waals surface area contributed by atoms with Gasteiger partial charge in [0.2, 0.25) is 0 Å². The first-order valence-electron chi connectivity index (χ1n) is 5.61. The lowest BCUT2D eigenvalue weighted by Crippen LogP contribution is -1.98. The number of ether oxygens (including phenoxy) is 1. The predicted octanol–water partition coefficient (Wildman–Crippen LogP) is 2.26. The van der Waals surface area contributed by atoms with E-state index in [9.17, 15) is 4.79 Å². The van der Waals surface area contributed by atoms with E-state index in [1.807, 2.05) is 13.1 Å². The molecule has 5 nitrogen and oxygen atoms in total. The van der Waals surface area contributed by atoms with Crippen LogP contribution in [0.25, 0.3) is 17.3 Å². The van der Waals surface area contributed by atoms with Gasteiger partial charge in [0.25, 0.3) is 0 Å². The van der Waals surface area contributed by atoms with Crippen LogP contribution < -0.4 is 0 Å². The lowest BCUT2D eigenvalue weighted by molar-refractivity contribution is -0.137. The lowest BCUT2D eigenvalue weighted by atomic mass is 10.1. The molecule has 2 heterocycles. The normalized spacial score (nSPS) is 11.0. The molecule has 94 valence electrons. The molecule has 0 aliphatic heterocycles. The van der Waals surface area contributed by atoms with Crippen LogP contribution >= 0.6 is 0 Å². The van der Waals surface area contributed by atoms with E-state index in [1.54, 1.807) is 36.4 Å². The maximum absolute atomic E-state index is 11.3. The minimum absolute atomic E-state index is 0.362. The number of esters is 1. The quantitative estimate of drug-likeness (QED) is 0.613. The van der Waals surface area contributed by atoms with Crippen LogP contribution in [-0.2, 0) is 16.6 Å². The van der Waals surface area contributed by atoms with Crippen LogP contribution in [0.2, 0.25) is 0 Å². The van der Waals surface area contributed by atoms with E-state index >= 15 is 0 Å². The average Bonchev–Trinajstić information content (AvgIpc) is 2.96. The molecule has 18 heavy (non-hydrogen) atoms. The van der Waals surface area contributed by atoms with Crippen LogP contribution in [0.5, 0.6) is 0 Å². The zero-order valence-electron chi connectivity index (χ0n) is 10.3. The molecule has 0 atom stereocenters. The van der Waals surface area contributed by atoms with Crippen LogP contribution in [0.15, 0.2) is 35.3 Å². The Bertz CT molecular complexity index is 553. The Morgan fingerprint density at radius 3 is 3.11 bits per heavy atom. The van der Waals surface area contributed by atoms with Crippen LogP contribution in [-0.4, -0.2) is 22.4 Å². The monoisotopic (exact) mass is 246 g/mol. The summed E-state index contributed by atoms with van der Waals surface area (Å²) in [4.78, 5) is 11.3. The summed E-state index contributed by atoms with van der Waals surface area (Å²) < 4.78 is 11.6. The van der Waals surface area contributed by atoms with Gasteiger partial charge >= 0.3 is 5.97 Å². The highest BCUT2D eigenvalue weighted by Gasteiger charge is 2.10. The second-order valence-corrected chi connectivity index (χ2v) is 3.67. The minimum Gasteiger partial charge on any atom is -0.472 e. The third-order valence-electron chi connectivity index (χ3n) is 2.45. The first-order valence-corrected chi connectivity index (χ1v) is 5.61. The summed E-state index contributed by atoms with van der Waals surface area (Å²) in [5.41, 5.74) is 2.65. The van der Waals surface area contributed by atoms with Gasteiger partial charge in [0.05, 0.1) is 31.0 Å². The van der Waals surface area contributed by atoms with E-state index in [2.05, 4.69) is 5.10 Å². The first-order chi connectivity index (χ1) is 8.72. The molecule has 0 spiro atoms. The largest absolute Gasteiger partial charge is 0.472 e. The van der Waals surface area contributed by atoms with Crippen molar-refractivity contribution in [2.24, 2.45) is 7.05 Å². The van der Waals surface area contributed by atoms with Crippen LogP contribution in [0.3, 0.4) is 0 Å². The summed E-state index contributed by atoms with van der Waals surface area (Å²) >= 11 is 0. The molecular weight excluding hydrogens is 232 g/mol. The van der Waals surface area contributed by atoms with E-state index < -0.39 is 0 Å². The van der Waals surface area contributed by atoms with Gasteiger partial charge in [-0.2, -0.15) is 5.10 Å². The van der Waals surface area contributed by atoms with Crippen molar-refractivity contribution < 1.29 is 13.9 Å². The number of hydrogen-bond donors (Lipinski definition) is 0. The highest BCUT2D eigenvalue weighted by atomic mass is 16.5. The zero-order valence-corrected chi connectivity index (χ0v) is 10.3. The number of carbonyl (C=O) groups excluding carboxylic acids is 1. The van der Waals surface area contributed by atoms with Crippen molar-refractivity contribution in [2.75, 3.05) is 6.61 Å². The van der Waals surface area contributed by atoms with Gasteiger partial charge in [-0.25, -0.2) is 4.79 Å². The van der Waals surface area contributed by atoms with E-state index in [4.69, 9.17) is 9.15 Å². The summed E-state index contributed by atoms with van der Waals surface area (Å²) in [6.07, 6.45) is 8.01. The van der Waals surface area contributed by atoms with Gasteiger partial charge in [0.1, 0.15) is 0 Å². The Morgan fingerprint density at radius 2 is 2.44 bits per heavy atom. The van der Waals surface area contributed by atoms with Crippen molar-refractivity contribution in [1.29, 1.82) is 0 Å². The molecule has 0 radical (unpaired) electrons. The van der Waals surface area contributed by atoms with Gasteiger partial charge in [-0.05, 0) is 19.1 Å². The fourth-order valence-electron chi connectivity index (χ4n) is 1.68. The zero-order chi connectivity index (χ0) is 13.0. The Kier molecular flexibility index (Phi) is 3.62. The fourth-order valence-corrected chi connectivity index (χ4v) is 1.68. The number of nitrogens with zero attached hydrogens (tertiary/aromatic N) is 2. The Morgan fingerprint density at radius 1 is 1.61 bits per heavy atom. The molecular formula is C13H14N2O3. The molecule has 0 saturated heterocycles. The van der Waals surface area contributed by atoms with E-state index in [0.717, 1.165) is 16.8 Å². The highest BCUT2D eigenvalue weighted by molar-refractivity contribution is 5.88. The van der Waals surface area contributed by atoms with Crippen molar-refractivity contribution in [3.05, 3.63) is 36.4 Å². The molecule has 0 saturated carbocycles. The second-order valence-electron chi connectivity index (χ2n) is 3.67. The van der Waals surface area contributed by atoms with Crippen molar-refractivity contribution >= 4 is 12.0 Å². The van der Waals surface area contributed by atoms with Gasteiger partial charge in [-0.3, -0.25) is 4.68 Å². The number of aryl methyl sites for hydroxylation is 1. The molecule has 0 unspecified atom stereocenters. The third kappa shape index (κ3) is 2.51. The van der Waals surface area contributed by atoms with Crippen molar-refractivity contribution in [1.82, 2.24) is 9.78 Å². The minimum atomic E-state index is -0.362. The van der Waals surface area contributed by atoms with Gasteiger partial charge in [-0.15, -0.1) is 0 Å². The van der Waals surface area contributed by atoms with Crippen molar-refractivity contribution in [3.63, 3.8) is 0 Å². The molecule has 2 aromatic heterocycles. The molecule has 0 N–H and O–H groups in total. The molecule has 5 heteroatoms. The van der Waals surface area contributed by atoms with Gasteiger partial charge in [0.15, 0.2) is 0 Å². The SMILES string of the molecule is CCOC(=O)C=Cc1cnn(C)c1-c1ccoc1. The van der Waals surface area contributed by atoms with Crippen LogP contribution in [0.1, 0.15) is 12.5 Å². The van der Waals surface area contributed by atoms with E-state index in [-0.39, 0.29) is 5.97 Å². The summed E-state index contributed by atoms with van der Waals surface area (Å²) in [6, 6.07) is 1.85. The third-order valence-corrected chi connectivity index (χ3v) is 2.45. The smallest absolute Gasteiger partial charge is 0.330 e. The number of aromatic nitrogens is 2. The maximum atomic E-state index is 11.3. The van der Waals surface area contributed by atoms with Gasteiger partial charge in [-0.1, -0.05) is 0 Å². The second kappa shape index (κ2) is 5.35. The molecule has 0 aromatic carbocycles. The van der Waals surface area contributed by atoms with Crippen molar-refractivity contribution in [3.8, 4) is 11.3 Å². The number of carbonyl (C=O) groups is 1. The maximum Gasteiger partial charge on any atom is 0.330 e. The summed E-state index contributed by atoms with van der Waals surface area (Å²) in [6.45, 7) is 2.14. The van der Waals surface area contributed by atoms with Crippen molar-refractivity contribution in [2.45, 2.75) is 6.92 Å². The summed E-state index contributed by atoms with van der Waals surface area (Å²) in [5.74, 6) is -0.362.